The molecule has 1 heterocycles. The summed E-state index contributed by atoms with van der Waals surface area (Å²) in [5.41, 5.74) is 1.78. The lowest BCUT2D eigenvalue weighted by molar-refractivity contribution is -0.146. The van der Waals surface area contributed by atoms with Crippen molar-refractivity contribution in [2.75, 3.05) is 20.1 Å². The number of benzene rings is 1. The van der Waals surface area contributed by atoms with Crippen LogP contribution in [0.2, 0.25) is 0 Å². The zero-order valence-electron chi connectivity index (χ0n) is 12.6. The number of halogens is 3. The third-order valence-electron chi connectivity index (χ3n) is 3.12. The molecule has 2 rings (SSSR count). The molecule has 2 aromatic rings. The van der Waals surface area contributed by atoms with E-state index >= 15 is 0 Å². The monoisotopic (exact) mass is 348 g/mol. The van der Waals surface area contributed by atoms with E-state index < -0.39 is 12.0 Å². The van der Waals surface area contributed by atoms with Crippen LogP contribution in [0.1, 0.15) is 17.0 Å². The second-order valence-electron chi connectivity index (χ2n) is 4.60. The normalized spacial score (nSPS) is 11.6. The van der Waals surface area contributed by atoms with Crippen molar-refractivity contribution in [1.82, 2.24) is 14.9 Å². The van der Waals surface area contributed by atoms with Crippen molar-refractivity contribution < 1.29 is 22.6 Å². The molecule has 0 saturated carbocycles. The molecule has 0 spiro atoms. The van der Waals surface area contributed by atoms with Gasteiger partial charge in [0.15, 0.2) is 11.5 Å². The van der Waals surface area contributed by atoms with Crippen LogP contribution in [0.4, 0.5) is 13.2 Å². The van der Waals surface area contributed by atoms with Gasteiger partial charge in [-0.05, 0) is 30.2 Å². The van der Waals surface area contributed by atoms with E-state index in [4.69, 9.17) is 15.3 Å². The number of hydrogen-bond acceptors (Lipinski definition) is 6. The largest absolute Gasteiger partial charge is 0.493 e. The average molecular weight is 348 g/mol. The number of aromatic nitrogens is 3. The molecule has 1 aromatic carbocycles. The Morgan fingerprint density at radius 1 is 1.17 bits per heavy atom. The molecule has 0 saturated heterocycles. The number of nitrogens with zero attached hydrogens (tertiary/aromatic N) is 3. The van der Waals surface area contributed by atoms with E-state index in [1.54, 1.807) is 12.1 Å². The summed E-state index contributed by atoms with van der Waals surface area (Å²) < 4.78 is 48.7. The second-order valence-corrected chi connectivity index (χ2v) is 5.54. The first-order valence-electron chi connectivity index (χ1n) is 6.40. The number of hydrogen-bond donors (Lipinski definition) is 1. The number of nitrogen functional groups attached to an aromatic ring is 1. The van der Waals surface area contributed by atoms with Crippen molar-refractivity contribution in [3.8, 4) is 11.5 Å². The van der Waals surface area contributed by atoms with Crippen molar-refractivity contribution in [3.05, 3.63) is 29.1 Å². The number of alkyl halides is 3. The van der Waals surface area contributed by atoms with Gasteiger partial charge in [-0.3, -0.25) is 0 Å². The van der Waals surface area contributed by atoms with Gasteiger partial charge < -0.3 is 15.3 Å². The fourth-order valence-corrected chi connectivity index (χ4v) is 2.81. The summed E-state index contributed by atoms with van der Waals surface area (Å²) in [6.07, 6.45) is -4.64. The lowest BCUT2D eigenvalue weighted by Crippen LogP contribution is -2.21. The zero-order valence-corrected chi connectivity index (χ0v) is 13.5. The summed E-state index contributed by atoms with van der Waals surface area (Å²) in [6, 6.07) is 3.56. The van der Waals surface area contributed by atoms with E-state index in [1.807, 2.05) is 6.92 Å². The lowest BCUT2D eigenvalue weighted by atomic mass is 10.1. The summed E-state index contributed by atoms with van der Waals surface area (Å²) in [4.78, 5) is 0. The SMILES string of the molecule is COc1cc(C)c(CSc2nnc(C(F)(F)F)n2N)cc1OC. The quantitative estimate of drug-likeness (QED) is 0.661. The minimum atomic E-state index is -4.64. The van der Waals surface area contributed by atoms with Gasteiger partial charge in [-0.1, -0.05) is 11.8 Å². The highest BCUT2D eigenvalue weighted by Crippen LogP contribution is 2.34. The molecule has 10 heteroatoms. The smallest absolute Gasteiger partial charge is 0.453 e. The first-order valence-corrected chi connectivity index (χ1v) is 7.38. The van der Waals surface area contributed by atoms with Gasteiger partial charge in [-0.15, -0.1) is 10.2 Å². The molecule has 0 aliphatic heterocycles. The van der Waals surface area contributed by atoms with Crippen LogP contribution in [0.5, 0.6) is 11.5 Å². The fourth-order valence-electron chi connectivity index (χ4n) is 1.89. The third kappa shape index (κ3) is 3.63. The van der Waals surface area contributed by atoms with Gasteiger partial charge in [0.2, 0.25) is 5.16 Å². The minimum absolute atomic E-state index is 0.0218. The molecule has 0 aliphatic rings. The van der Waals surface area contributed by atoms with Crippen LogP contribution in [0, 0.1) is 6.92 Å². The van der Waals surface area contributed by atoms with Crippen LogP contribution in [-0.4, -0.2) is 29.1 Å². The summed E-state index contributed by atoms with van der Waals surface area (Å²) in [5.74, 6) is 5.65. The van der Waals surface area contributed by atoms with E-state index in [0.717, 1.165) is 22.9 Å². The van der Waals surface area contributed by atoms with Crippen molar-refractivity contribution in [2.24, 2.45) is 0 Å². The Bertz CT molecular complexity index is 703. The summed E-state index contributed by atoms with van der Waals surface area (Å²) in [5, 5.41) is 6.54. The Hall–Kier alpha value is -2.10. The fraction of sp³-hybridized carbons (Fsp3) is 0.385. The Morgan fingerprint density at radius 3 is 2.30 bits per heavy atom. The van der Waals surface area contributed by atoms with Crippen LogP contribution in [0.15, 0.2) is 17.3 Å². The first-order chi connectivity index (χ1) is 10.8. The molecule has 0 unspecified atom stereocenters. The van der Waals surface area contributed by atoms with E-state index in [0.29, 0.717) is 21.9 Å². The average Bonchev–Trinajstić information content (AvgIpc) is 2.86. The van der Waals surface area contributed by atoms with E-state index in [-0.39, 0.29) is 5.16 Å². The molecular weight excluding hydrogens is 333 g/mol. The van der Waals surface area contributed by atoms with Crippen molar-refractivity contribution in [1.29, 1.82) is 0 Å². The van der Waals surface area contributed by atoms with Crippen LogP contribution in [-0.2, 0) is 11.9 Å². The highest BCUT2D eigenvalue weighted by Gasteiger charge is 2.38. The molecule has 0 fully saturated rings. The van der Waals surface area contributed by atoms with E-state index in [2.05, 4.69) is 10.2 Å². The zero-order chi connectivity index (χ0) is 17.2. The number of aryl methyl sites for hydroxylation is 1. The van der Waals surface area contributed by atoms with Gasteiger partial charge in [0.1, 0.15) is 0 Å². The first kappa shape index (κ1) is 17.3. The van der Waals surface area contributed by atoms with Crippen molar-refractivity contribution >= 4 is 11.8 Å². The maximum absolute atomic E-state index is 12.6. The number of rotatable bonds is 5. The predicted molar refractivity (Wildman–Crippen MR) is 79.0 cm³/mol. The molecule has 1 aromatic heterocycles. The maximum Gasteiger partial charge on any atom is 0.453 e. The summed E-state index contributed by atoms with van der Waals surface area (Å²) in [6.45, 7) is 1.87. The van der Waals surface area contributed by atoms with Crippen LogP contribution >= 0.6 is 11.8 Å². The maximum atomic E-state index is 12.6. The van der Waals surface area contributed by atoms with Gasteiger partial charge >= 0.3 is 6.18 Å². The molecule has 23 heavy (non-hydrogen) atoms. The molecule has 126 valence electrons. The molecule has 0 atom stereocenters. The Balaban J connectivity index is 2.20. The summed E-state index contributed by atoms with van der Waals surface area (Å²) >= 11 is 1.05. The van der Waals surface area contributed by atoms with E-state index in [9.17, 15) is 13.2 Å². The molecular formula is C13H15F3N4O2S. The number of ether oxygens (including phenoxy) is 2. The number of thioether (sulfide) groups is 1. The Kier molecular flexibility index (Phi) is 4.93. The van der Waals surface area contributed by atoms with Crippen molar-refractivity contribution in [3.63, 3.8) is 0 Å². The lowest BCUT2D eigenvalue weighted by Gasteiger charge is -2.12. The van der Waals surface area contributed by atoms with Crippen LogP contribution in [0.3, 0.4) is 0 Å². The second kappa shape index (κ2) is 6.57. The standard InChI is InChI=1S/C13H15F3N4O2S/c1-7-4-9(21-2)10(22-3)5-8(7)6-23-12-19-18-11(20(12)17)13(14,15)16/h4-5H,6,17H2,1-3H3. The predicted octanol–water partition coefficient (Wildman–Crippen LogP) is 2.63. The molecule has 6 nitrogen and oxygen atoms in total. The molecule has 0 radical (unpaired) electrons. The van der Waals surface area contributed by atoms with E-state index in [1.165, 1.54) is 14.2 Å². The molecule has 2 N–H and O–H groups in total. The third-order valence-corrected chi connectivity index (χ3v) is 4.11. The molecule has 0 aliphatic carbocycles. The van der Waals surface area contributed by atoms with Gasteiger partial charge in [-0.25, -0.2) is 4.68 Å². The van der Waals surface area contributed by atoms with Crippen LogP contribution in [0.25, 0.3) is 0 Å². The van der Waals surface area contributed by atoms with Crippen molar-refractivity contribution in [2.45, 2.75) is 24.0 Å². The highest BCUT2D eigenvalue weighted by molar-refractivity contribution is 7.98. The Morgan fingerprint density at radius 2 is 1.78 bits per heavy atom. The van der Waals surface area contributed by atoms with Gasteiger partial charge in [-0.2, -0.15) is 13.2 Å². The number of methoxy groups -OCH3 is 2. The van der Waals surface area contributed by atoms with Crippen LogP contribution < -0.4 is 15.3 Å². The van der Waals surface area contributed by atoms with Gasteiger partial charge in [0, 0.05) is 5.75 Å². The highest BCUT2D eigenvalue weighted by atomic mass is 32.2. The minimum Gasteiger partial charge on any atom is -0.493 e. The van der Waals surface area contributed by atoms with Gasteiger partial charge in [0.25, 0.3) is 5.82 Å². The number of nitrogens with two attached hydrogens (primary N) is 1. The molecule has 0 bridgehead atoms. The topological polar surface area (TPSA) is 75.2 Å². The summed E-state index contributed by atoms with van der Waals surface area (Å²) in [7, 11) is 3.04. The Labute approximate surface area is 134 Å². The van der Waals surface area contributed by atoms with Gasteiger partial charge in [0.05, 0.1) is 14.2 Å². The molecule has 0 amide bonds.